The molecule has 3 nitrogen and oxygen atoms in total. The SMILES string of the molecule is C#C[C@H](O)C(=O)OC. The Hall–Kier alpha value is -1.01. The maximum absolute atomic E-state index is 10.1. The molecule has 3 heteroatoms. The Morgan fingerprint density at radius 2 is 2.50 bits per heavy atom. The van der Waals surface area contributed by atoms with Crippen molar-refractivity contribution in [2.24, 2.45) is 0 Å². The number of carbonyl (C=O) groups excluding carboxylic acids is 1. The summed E-state index contributed by atoms with van der Waals surface area (Å²) in [7, 11) is 1.16. The van der Waals surface area contributed by atoms with Crippen LogP contribution in [0.2, 0.25) is 0 Å². The van der Waals surface area contributed by atoms with Crippen molar-refractivity contribution in [1.29, 1.82) is 0 Å². The van der Waals surface area contributed by atoms with Crippen LogP contribution in [0, 0.1) is 12.3 Å². The second-order valence-electron chi connectivity index (χ2n) is 1.09. The van der Waals surface area contributed by atoms with Gasteiger partial charge in [-0.3, -0.25) is 0 Å². The van der Waals surface area contributed by atoms with Gasteiger partial charge in [-0.15, -0.1) is 6.42 Å². The van der Waals surface area contributed by atoms with Crippen molar-refractivity contribution in [3.8, 4) is 12.3 Å². The maximum atomic E-state index is 10.1. The minimum atomic E-state index is -1.42. The number of rotatable bonds is 1. The zero-order valence-corrected chi connectivity index (χ0v) is 4.42. The Bertz CT molecular complexity index is 122. The van der Waals surface area contributed by atoms with Crippen LogP contribution >= 0.6 is 0 Å². The van der Waals surface area contributed by atoms with E-state index in [1.54, 1.807) is 5.92 Å². The Morgan fingerprint density at radius 1 is 2.00 bits per heavy atom. The van der Waals surface area contributed by atoms with Gasteiger partial charge in [0.1, 0.15) is 0 Å². The average Bonchev–Trinajstić information content (AvgIpc) is 1.84. The molecular weight excluding hydrogens is 108 g/mol. The van der Waals surface area contributed by atoms with Crippen LogP contribution in [0.15, 0.2) is 0 Å². The number of aliphatic hydroxyl groups is 1. The summed E-state index contributed by atoms with van der Waals surface area (Å²) in [6.07, 6.45) is 3.23. The van der Waals surface area contributed by atoms with Gasteiger partial charge < -0.3 is 9.84 Å². The van der Waals surface area contributed by atoms with E-state index in [1.165, 1.54) is 0 Å². The van der Waals surface area contributed by atoms with Crippen LogP contribution in [0.3, 0.4) is 0 Å². The number of esters is 1. The molecule has 0 aromatic heterocycles. The molecule has 1 N–H and O–H groups in total. The standard InChI is InChI=1S/C5H6O3/c1-3-4(6)5(7)8-2/h1,4,6H,2H3/t4-/m0/s1. The summed E-state index contributed by atoms with van der Waals surface area (Å²) in [6, 6.07) is 0. The van der Waals surface area contributed by atoms with E-state index in [0.29, 0.717) is 0 Å². The molecule has 8 heavy (non-hydrogen) atoms. The largest absolute Gasteiger partial charge is 0.466 e. The van der Waals surface area contributed by atoms with Crippen molar-refractivity contribution >= 4 is 5.97 Å². The van der Waals surface area contributed by atoms with E-state index in [9.17, 15) is 4.79 Å². The minimum absolute atomic E-state index is 0.799. The molecule has 44 valence electrons. The highest BCUT2D eigenvalue weighted by atomic mass is 16.5. The van der Waals surface area contributed by atoms with Crippen LogP contribution in [0.4, 0.5) is 0 Å². The van der Waals surface area contributed by atoms with Gasteiger partial charge in [0.2, 0.25) is 6.10 Å². The fourth-order valence-electron chi connectivity index (χ4n) is 0.180. The van der Waals surface area contributed by atoms with Crippen molar-refractivity contribution in [3.05, 3.63) is 0 Å². The molecule has 0 saturated heterocycles. The predicted octanol–water partition coefficient (Wildman–Crippen LogP) is -0.847. The Labute approximate surface area is 47.3 Å². The van der Waals surface area contributed by atoms with Gasteiger partial charge in [-0.2, -0.15) is 0 Å². The third-order valence-corrected chi connectivity index (χ3v) is 0.582. The molecule has 0 aromatic rings. The average molecular weight is 114 g/mol. The van der Waals surface area contributed by atoms with E-state index >= 15 is 0 Å². The third kappa shape index (κ3) is 1.63. The quantitative estimate of drug-likeness (QED) is 0.357. The topological polar surface area (TPSA) is 46.5 Å². The van der Waals surface area contributed by atoms with Gasteiger partial charge in [0, 0.05) is 0 Å². The van der Waals surface area contributed by atoms with Gasteiger partial charge in [0.25, 0.3) is 0 Å². The van der Waals surface area contributed by atoms with Crippen LogP contribution in [0.25, 0.3) is 0 Å². The predicted molar refractivity (Wildman–Crippen MR) is 26.9 cm³/mol. The Morgan fingerprint density at radius 3 is 2.62 bits per heavy atom. The molecule has 0 aromatic carbocycles. The summed E-state index contributed by atoms with van der Waals surface area (Å²) in [6.45, 7) is 0. The number of terminal acetylenes is 1. The number of methoxy groups -OCH3 is 1. The number of carbonyl (C=O) groups is 1. The first-order valence-corrected chi connectivity index (χ1v) is 1.94. The summed E-state index contributed by atoms with van der Waals surface area (Å²) >= 11 is 0. The molecule has 0 aliphatic carbocycles. The summed E-state index contributed by atoms with van der Waals surface area (Å²) in [5, 5.41) is 8.42. The van der Waals surface area contributed by atoms with Crippen molar-refractivity contribution < 1.29 is 14.6 Å². The van der Waals surface area contributed by atoms with Crippen molar-refractivity contribution in [2.75, 3.05) is 7.11 Å². The van der Waals surface area contributed by atoms with Crippen molar-refractivity contribution in [1.82, 2.24) is 0 Å². The maximum Gasteiger partial charge on any atom is 0.347 e. The molecule has 0 radical (unpaired) electrons. The Kier molecular flexibility index (Phi) is 2.67. The smallest absolute Gasteiger partial charge is 0.347 e. The lowest BCUT2D eigenvalue weighted by Gasteiger charge is -1.96. The minimum Gasteiger partial charge on any atom is -0.466 e. The number of hydrogen-bond donors (Lipinski definition) is 1. The van der Waals surface area contributed by atoms with E-state index in [4.69, 9.17) is 5.11 Å². The summed E-state index contributed by atoms with van der Waals surface area (Å²) in [5.74, 6) is 0.998. The molecule has 0 rings (SSSR count). The zero-order valence-electron chi connectivity index (χ0n) is 4.42. The summed E-state index contributed by atoms with van der Waals surface area (Å²) < 4.78 is 4.07. The summed E-state index contributed by atoms with van der Waals surface area (Å²) in [4.78, 5) is 10.1. The van der Waals surface area contributed by atoms with E-state index in [2.05, 4.69) is 11.2 Å². The molecule has 0 spiro atoms. The van der Waals surface area contributed by atoms with Gasteiger partial charge in [-0.25, -0.2) is 4.79 Å². The highest BCUT2D eigenvalue weighted by molar-refractivity contribution is 5.77. The Balaban J connectivity index is 3.68. The number of hydrogen-bond acceptors (Lipinski definition) is 3. The van der Waals surface area contributed by atoms with Gasteiger partial charge in [0.05, 0.1) is 7.11 Å². The van der Waals surface area contributed by atoms with E-state index < -0.39 is 12.1 Å². The molecule has 0 bridgehead atoms. The normalized spacial score (nSPS) is 11.6. The first kappa shape index (κ1) is 6.99. The van der Waals surface area contributed by atoms with Crippen LogP contribution in [-0.2, 0) is 9.53 Å². The van der Waals surface area contributed by atoms with Gasteiger partial charge in [-0.1, -0.05) is 5.92 Å². The second kappa shape index (κ2) is 3.05. The zero-order chi connectivity index (χ0) is 6.57. The van der Waals surface area contributed by atoms with Gasteiger partial charge >= 0.3 is 5.97 Å². The number of aliphatic hydroxyl groups excluding tert-OH is 1. The van der Waals surface area contributed by atoms with E-state index in [1.807, 2.05) is 0 Å². The number of ether oxygens (including phenoxy) is 1. The van der Waals surface area contributed by atoms with E-state index in [-0.39, 0.29) is 0 Å². The molecule has 0 amide bonds. The molecule has 0 aliphatic rings. The van der Waals surface area contributed by atoms with Crippen molar-refractivity contribution in [3.63, 3.8) is 0 Å². The third-order valence-electron chi connectivity index (χ3n) is 0.582. The first-order chi connectivity index (χ1) is 3.72. The molecule has 0 fully saturated rings. The van der Waals surface area contributed by atoms with Crippen LogP contribution in [0.5, 0.6) is 0 Å². The van der Waals surface area contributed by atoms with Crippen LogP contribution < -0.4 is 0 Å². The first-order valence-electron chi connectivity index (χ1n) is 1.94. The molecule has 0 unspecified atom stereocenters. The van der Waals surface area contributed by atoms with Crippen LogP contribution in [-0.4, -0.2) is 24.3 Å². The molecule has 1 atom stereocenters. The van der Waals surface area contributed by atoms with Gasteiger partial charge in [0.15, 0.2) is 0 Å². The molecular formula is C5H6O3. The highest BCUT2D eigenvalue weighted by Gasteiger charge is 2.09. The molecule has 0 saturated carbocycles. The van der Waals surface area contributed by atoms with E-state index in [0.717, 1.165) is 7.11 Å². The van der Waals surface area contributed by atoms with Crippen molar-refractivity contribution in [2.45, 2.75) is 6.10 Å². The van der Waals surface area contributed by atoms with Gasteiger partial charge in [-0.05, 0) is 0 Å². The monoisotopic (exact) mass is 114 g/mol. The lowest BCUT2D eigenvalue weighted by atomic mass is 10.4. The second-order valence-corrected chi connectivity index (χ2v) is 1.09. The lowest BCUT2D eigenvalue weighted by molar-refractivity contribution is -0.147. The fourth-order valence-corrected chi connectivity index (χ4v) is 0.180. The lowest BCUT2D eigenvalue weighted by Crippen LogP contribution is -2.18. The van der Waals surface area contributed by atoms with Crippen LogP contribution in [0.1, 0.15) is 0 Å². The highest BCUT2D eigenvalue weighted by Crippen LogP contribution is 1.81. The summed E-state index contributed by atoms with van der Waals surface area (Å²) in [5.41, 5.74) is 0. The molecule has 0 heterocycles. The molecule has 0 aliphatic heterocycles. The fraction of sp³-hybridized carbons (Fsp3) is 0.400.